The zero-order chi connectivity index (χ0) is 23.9. The minimum atomic E-state index is -4.51. The van der Waals surface area contributed by atoms with Crippen molar-refractivity contribution in [1.82, 2.24) is 19.5 Å². The topological polar surface area (TPSA) is 84.1 Å². The fourth-order valence-corrected chi connectivity index (χ4v) is 3.39. The first-order chi connectivity index (χ1) is 15.4. The number of nitrogens with zero attached hydrogens (tertiary/aromatic N) is 5. The van der Waals surface area contributed by atoms with Gasteiger partial charge in [-0.25, -0.2) is 9.97 Å². The van der Waals surface area contributed by atoms with Crippen molar-refractivity contribution >= 4 is 16.7 Å². The second-order valence-corrected chi connectivity index (χ2v) is 6.69. The van der Waals surface area contributed by atoms with Crippen molar-refractivity contribution in [3.8, 4) is 11.3 Å². The smallest absolute Gasteiger partial charge is 0.400 e. The van der Waals surface area contributed by atoms with E-state index in [0.717, 1.165) is 45.3 Å². The van der Waals surface area contributed by atoms with Gasteiger partial charge in [0.1, 0.15) is 11.2 Å². The van der Waals surface area contributed by atoms with E-state index >= 15 is 0 Å². The number of aliphatic hydroxyl groups is 1. The quantitative estimate of drug-likeness (QED) is 0.645. The van der Waals surface area contributed by atoms with E-state index < -0.39 is 11.9 Å². The van der Waals surface area contributed by atoms with Crippen molar-refractivity contribution in [3.05, 3.63) is 46.8 Å². The van der Waals surface area contributed by atoms with Gasteiger partial charge in [0.2, 0.25) is 0 Å². The Morgan fingerprint density at radius 2 is 1.75 bits per heavy atom. The Morgan fingerprint density at radius 1 is 1.09 bits per heavy atom. The van der Waals surface area contributed by atoms with Gasteiger partial charge in [-0.15, -0.1) is 0 Å². The number of alkyl halides is 3. The fourth-order valence-electron chi connectivity index (χ4n) is 3.39. The monoisotopic (exact) mass is 451 g/mol. The minimum Gasteiger partial charge on any atom is -0.400 e. The average Bonchev–Trinajstić information content (AvgIpc) is 3.36. The summed E-state index contributed by atoms with van der Waals surface area (Å²) in [6.45, 7) is 7.92. The molecule has 0 saturated carbocycles. The summed E-state index contributed by atoms with van der Waals surface area (Å²) in [7, 11) is 1.00. The van der Waals surface area contributed by atoms with Crippen LogP contribution in [0.3, 0.4) is 0 Å². The van der Waals surface area contributed by atoms with Crippen LogP contribution in [0.25, 0.3) is 22.2 Å². The van der Waals surface area contributed by atoms with E-state index in [9.17, 15) is 18.0 Å². The molecule has 3 aromatic heterocycles. The first kappa shape index (κ1) is 25.3. The normalized spacial score (nSPS) is 13.3. The molecule has 0 bridgehead atoms. The van der Waals surface area contributed by atoms with Crippen LogP contribution in [0.1, 0.15) is 39.3 Å². The van der Waals surface area contributed by atoms with E-state index in [-0.39, 0.29) is 5.56 Å². The molecule has 4 heterocycles. The molecule has 0 radical (unpaired) electrons. The number of halogens is 3. The molecule has 0 spiro atoms. The summed E-state index contributed by atoms with van der Waals surface area (Å²) in [4.78, 5) is 27.5. The first-order valence-electron chi connectivity index (χ1n) is 10.5. The molecular formula is C22H28F3N5O2. The standard InChI is InChI=1S/C19H18F3N5O.C2H6.CH4O/c1-2-26-11-24-16-13(18(26)28)9-14(25-17(16)27-7-3-4-8-27)12-5-6-15(23-10-12)19(20,21)22;2*1-2/h5-6,9-11H,2-4,7-8H2,1H3;1-2H3;2H,1H3. The SMILES string of the molecule is CC.CCn1cnc2c(N3CCCC3)nc(-c3ccc(C(F)(F)F)nc3)cc2c1=O.CO. The number of hydrogen-bond donors (Lipinski definition) is 1. The zero-order valence-corrected chi connectivity index (χ0v) is 18.6. The van der Waals surface area contributed by atoms with Gasteiger partial charge in [-0.3, -0.25) is 14.3 Å². The summed E-state index contributed by atoms with van der Waals surface area (Å²) in [6, 6.07) is 3.83. The van der Waals surface area contributed by atoms with Crippen LogP contribution >= 0.6 is 0 Å². The van der Waals surface area contributed by atoms with Crippen LogP contribution < -0.4 is 10.5 Å². The van der Waals surface area contributed by atoms with E-state index in [1.54, 1.807) is 6.07 Å². The maximum atomic E-state index is 12.8. The van der Waals surface area contributed by atoms with Gasteiger partial charge >= 0.3 is 6.18 Å². The lowest BCUT2D eigenvalue weighted by atomic mass is 10.1. The predicted octanol–water partition coefficient (Wildman–Crippen LogP) is 4.13. The Morgan fingerprint density at radius 3 is 2.28 bits per heavy atom. The van der Waals surface area contributed by atoms with Crippen molar-refractivity contribution in [2.45, 2.75) is 46.3 Å². The highest BCUT2D eigenvalue weighted by molar-refractivity contribution is 5.91. The van der Waals surface area contributed by atoms with Crippen molar-refractivity contribution < 1.29 is 18.3 Å². The molecule has 0 atom stereocenters. The molecule has 174 valence electrons. The van der Waals surface area contributed by atoms with Gasteiger partial charge in [-0.1, -0.05) is 13.8 Å². The number of aliphatic hydroxyl groups excluding tert-OH is 1. The van der Waals surface area contributed by atoms with E-state index in [2.05, 4.69) is 19.9 Å². The van der Waals surface area contributed by atoms with Crippen LogP contribution in [0.4, 0.5) is 19.0 Å². The van der Waals surface area contributed by atoms with Gasteiger partial charge < -0.3 is 10.0 Å². The zero-order valence-electron chi connectivity index (χ0n) is 18.6. The van der Waals surface area contributed by atoms with Crippen molar-refractivity contribution in [2.24, 2.45) is 0 Å². The highest BCUT2D eigenvalue weighted by atomic mass is 19.4. The predicted molar refractivity (Wildman–Crippen MR) is 119 cm³/mol. The molecule has 1 N–H and O–H groups in total. The Hall–Kier alpha value is -3.01. The van der Waals surface area contributed by atoms with Crippen LogP contribution in [-0.2, 0) is 12.7 Å². The van der Waals surface area contributed by atoms with Crippen LogP contribution in [0.2, 0.25) is 0 Å². The van der Waals surface area contributed by atoms with Gasteiger partial charge in [0.05, 0.1) is 17.4 Å². The third-order valence-corrected chi connectivity index (χ3v) is 4.89. The lowest BCUT2D eigenvalue weighted by Gasteiger charge is -2.19. The molecule has 0 amide bonds. The molecule has 4 rings (SSSR count). The maximum absolute atomic E-state index is 12.8. The summed E-state index contributed by atoms with van der Waals surface area (Å²) in [6.07, 6.45) is 0.169. The Bertz CT molecular complexity index is 1080. The lowest BCUT2D eigenvalue weighted by Crippen LogP contribution is -2.24. The summed E-state index contributed by atoms with van der Waals surface area (Å²) in [5, 5.41) is 7.40. The molecule has 1 aliphatic rings. The largest absolute Gasteiger partial charge is 0.433 e. The Labute approximate surface area is 184 Å². The number of hydrogen-bond acceptors (Lipinski definition) is 6. The van der Waals surface area contributed by atoms with Crippen LogP contribution in [0, 0.1) is 0 Å². The second-order valence-electron chi connectivity index (χ2n) is 6.69. The molecular weight excluding hydrogens is 423 g/mol. The highest BCUT2D eigenvalue weighted by Gasteiger charge is 2.32. The molecule has 7 nitrogen and oxygen atoms in total. The summed E-state index contributed by atoms with van der Waals surface area (Å²) in [5.41, 5.74) is 0.175. The number of aryl methyl sites for hydroxylation is 1. The Balaban J connectivity index is 0.000000860. The van der Waals surface area contributed by atoms with Gasteiger partial charge in [-0.2, -0.15) is 13.2 Å². The van der Waals surface area contributed by atoms with Crippen LogP contribution in [-0.4, -0.2) is 44.8 Å². The van der Waals surface area contributed by atoms with Crippen LogP contribution in [0.15, 0.2) is 35.5 Å². The van der Waals surface area contributed by atoms with Crippen molar-refractivity contribution in [1.29, 1.82) is 0 Å². The molecule has 1 aliphatic heterocycles. The molecule has 32 heavy (non-hydrogen) atoms. The molecule has 0 aromatic carbocycles. The van der Waals surface area contributed by atoms with Gasteiger partial charge in [0, 0.05) is 38.5 Å². The third-order valence-electron chi connectivity index (χ3n) is 4.89. The minimum absolute atomic E-state index is 0.198. The molecule has 1 saturated heterocycles. The van der Waals surface area contributed by atoms with E-state index in [0.29, 0.717) is 34.5 Å². The van der Waals surface area contributed by atoms with Gasteiger partial charge in [0.15, 0.2) is 5.82 Å². The summed E-state index contributed by atoms with van der Waals surface area (Å²) >= 11 is 0. The van der Waals surface area contributed by atoms with E-state index in [4.69, 9.17) is 5.11 Å². The summed E-state index contributed by atoms with van der Waals surface area (Å²) < 4.78 is 39.9. The lowest BCUT2D eigenvalue weighted by molar-refractivity contribution is -0.141. The third kappa shape index (κ3) is 5.24. The fraction of sp³-hybridized carbons (Fsp3) is 0.455. The number of aromatic nitrogens is 4. The number of fused-ring (bicyclic) bond motifs is 1. The van der Waals surface area contributed by atoms with Gasteiger partial charge in [0.25, 0.3) is 5.56 Å². The Kier molecular flexibility index (Phi) is 8.71. The van der Waals surface area contributed by atoms with Gasteiger partial charge in [-0.05, 0) is 38.0 Å². The molecule has 10 heteroatoms. The molecule has 0 aliphatic carbocycles. The maximum Gasteiger partial charge on any atom is 0.433 e. The molecule has 1 fully saturated rings. The molecule has 3 aromatic rings. The molecule has 0 unspecified atom stereocenters. The number of pyridine rings is 2. The number of rotatable bonds is 3. The van der Waals surface area contributed by atoms with E-state index in [1.807, 2.05) is 20.8 Å². The van der Waals surface area contributed by atoms with Crippen molar-refractivity contribution in [3.63, 3.8) is 0 Å². The summed E-state index contributed by atoms with van der Waals surface area (Å²) in [5.74, 6) is 0.588. The average molecular weight is 451 g/mol. The highest BCUT2D eigenvalue weighted by Crippen LogP contribution is 2.31. The van der Waals surface area contributed by atoms with Crippen molar-refractivity contribution in [2.75, 3.05) is 25.1 Å². The number of anilines is 1. The second kappa shape index (κ2) is 11.0. The van der Waals surface area contributed by atoms with Crippen LogP contribution in [0.5, 0.6) is 0 Å². The van der Waals surface area contributed by atoms with E-state index in [1.165, 1.54) is 17.0 Å². The first-order valence-corrected chi connectivity index (χ1v) is 10.5.